The maximum absolute atomic E-state index is 12.5. The van der Waals surface area contributed by atoms with Gasteiger partial charge >= 0.3 is 5.97 Å². The number of aromatic nitrogens is 1. The highest BCUT2D eigenvalue weighted by molar-refractivity contribution is 5.98. The summed E-state index contributed by atoms with van der Waals surface area (Å²) >= 11 is 0. The number of nitrogens with zero attached hydrogens (tertiary/aromatic N) is 1. The Morgan fingerprint density at radius 3 is 2.23 bits per heavy atom. The molecule has 0 aliphatic rings. The zero-order chi connectivity index (χ0) is 17.9. The average Bonchev–Trinajstić information content (AvgIpc) is 3.36. The Bertz CT molecular complexity index is 1020. The van der Waals surface area contributed by atoms with Crippen molar-refractivity contribution in [2.45, 2.75) is 0 Å². The Morgan fingerprint density at radius 2 is 1.62 bits per heavy atom. The maximum Gasteiger partial charge on any atom is 0.340 e. The van der Waals surface area contributed by atoms with Crippen LogP contribution in [-0.4, -0.2) is 17.6 Å². The summed E-state index contributed by atoms with van der Waals surface area (Å²) in [6.07, 6.45) is 1.60. The third-order valence-electron chi connectivity index (χ3n) is 4.24. The molecule has 0 spiro atoms. The lowest BCUT2D eigenvalue weighted by Crippen LogP contribution is -2.04. The summed E-state index contributed by atoms with van der Waals surface area (Å²) in [5, 5.41) is 0. The summed E-state index contributed by atoms with van der Waals surface area (Å²) in [5.74, 6) is 0.208. The van der Waals surface area contributed by atoms with E-state index in [1.807, 2.05) is 77.4 Å². The topological polar surface area (TPSA) is 44.4 Å². The largest absolute Gasteiger partial charge is 0.465 e. The molecular formula is C22H17NO3. The molecule has 4 aromatic rings. The van der Waals surface area contributed by atoms with Gasteiger partial charge in [-0.25, -0.2) is 4.79 Å². The van der Waals surface area contributed by atoms with Crippen molar-refractivity contribution in [1.82, 2.24) is 4.57 Å². The smallest absolute Gasteiger partial charge is 0.340 e. The van der Waals surface area contributed by atoms with Crippen LogP contribution in [0.25, 0.3) is 28.4 Å². The maximum atomic E-state index is 12.5. The van der Waals surface area contributed by atoms with Gasteiger partial charge in [0.1, 0.15) is 5.69 Å². The van der Waals surface area contributed by atoms with E-state index in [9.17, 15) is 4.79 Å². The Balaban J connectivity index is 2.08. The molecule has 4 heteroatoms. The van der Waals surface area contributed by atoms with Gasteiger partial charge < -0.3 is 13.7 Å². The number of carbonyl (C=O) groups is 1. The molecule has 0 N–H and O–H groups in total. The molecule has 2 heterocycles. The van der Waals surface area contributed by atoms with Crippen molar-refractivity contribution in [3.05, 3.63) is 90.7 Å². The molecule has 0 atom stereocenters. The number of para-hydroxylation sites is 1. The molecule has 0 unspecified atom stereocenters. The lowest BCUT2D eigenvalue weighted by Gasteiger charge is -2.13. The highest BCUT2D eigenvalue weighted by Gasteiger charge is 2.25. The van der Waals surface area contributed by atoms with Crippen molar-refractivity contribution in [1.29, 1.82) is 0 Å². The van der Waals surface area contributed by atoms with Gasteiger partial charge in [-0.1, -0.05) is 48.5 Å². The van der Waals surface area contributed by atoms with Crippen LogP contribution in [-0.2, 0) is 4.74 Å². The third kappa shape index (κ3) is 2.71. The van der Waals surface area contributed by atoms with Crippen LogP contribution in [0.2, 0.25) is 0 Å². The van der Waals surface area contributed by atoms with Crippen molar-refractivity contribution in [3.63, 3.8) is 0 Å². The second-order valence-electron chi connectivity index (χ2n) is 5.80. The van der Waals surface area contributed by atoms with Crippen LogP contribution >= 0.6 is 0 Å². The van der Waals surface area contributed by atoms with E-state index in [1.54, 1.807) is 12.3 Å². The standard InChI is InChI=1S/C22H17NO3/c1-25-22(24)18-15-19(16-9-4-2-5-10-16)23(17-11-6-3-7-12-17)21(18)20-13-8-14-26-20/h2-15H,1H3. The molecule has 2 aromatic carbocycles. The van der Waals surface area contributed by atoms with E-state index >= 15 is 0 Å². The molecule has 0 bridgehead atoms. The minimum atomic E-state index is -0.400. The summed E-state index contributed by atoms with van der Waals surface area (Å²) in [5.41, 5.74) is 3.97. The lowest BCUT2D eigenvalue weighted by atomic mass is 10.1. The van der Waals surface area contributed by atoms with Gasteiger partial charge in [0.2, 0.25) is 0 Å². The third-order valence-corrected chi connectivity index (χ3v) is 4.24. The second kappa shape index (κ2) is 6.76. The van der Waals surface area contributed by atoms with E-state index in [2.05, 4.69) is 0 Å². The van der Waals surface area contributed by atoms with Crippen LogP contribution in [0.1, 0.15) is 10.4 Å². The number of hydrogen-bond donors (Lipinski definition) is 0. The zero-order valence-corrected chi connectivity index (χ0v) is 14.3. The number of benzene rings is 2. The predicted octanol–water partition coefficient (Wildman–Crippen LogP) is 5.19. The first-order valence-corrected chi connectivity index (χ1v) is 8.28. The van der Waals surface area contributed by atoms with Crippen LogP contribution in [0.4, 0.5) is 0 Å². The fourth-order valence-electron chi connectivity index (χ4n) is 3.10. The van der Waals surface area contributed by atoms with Gasteiger partial charge in [-0.05, 0) is 35.9 Å². The summed E-state index contributed by atoms with van der Waals surface area (Å²) < 4.78 is 12.7. The molecule has 0 radical (unpaired) electrons. The van der Waals surface area contributed by atoms with Crippen molar-refractivity contribution < 1.29 is 13.9 Å². The number of ether oxygens (including phenoxy) is 1. The molecule has 0 fully saturated rings. The molecular weight excluding hydrogens is 326 g/mol. The quantitative estimate of drug-likeness (QED) is 0.479. The lowest BCUT2D eigenvalue weighted by molar-refractivity contribution is 0.0601. The van der Waals surface area contributed by atoms with Gasteiger partial charge in [0, 0.05) is 5.69 Å². The molecule has 0 aliphatic carbocycles. The molecule has 128 valence electrons. The molecule has 0 saturated carbocycles. The number of furan rings is 1. The van der Waals surface area contributed by atoms with Gasteiger partial charge in [-0.2, -0.15) is 0 Å². The number of esters is 1. The van der Waals surface area contributed by atoms with E-state index in [0.29, 0.717) is 17.0 Å². The van der Waals surface area contributed by atoms with Crippen molar-refractivity contribution in [2.24, 2.45) is 0 Å². The average molecular weight is 343 g/mol. The minimum Gasteiger partial charge on any atom is -0.465 e. The Morgan fingerprint density at radius 1 is 0.923 bits per heavy atom. The van der Waals surface area contributed by atoms with Crippen LogP contribution in [0.5, 0.6) is 0 Å². The summed E-state index contributed by atoms with van der Waals surface area (Å²) in [6.45, 7) is 0. The van der Waals surface area contributed by atoms with Gasteiger partial charge in [-0.15, -0.1) is 0 Å². The normalized spacial score (nSPS) is 10.7. The second-order valence-corrected chi connectivity index (χ2v) is 5.80. The number of hydrogen-bond acceptors (Lipinski definition) is 3. The zero-order valence-electron chi connectivity index (χ0n) is 14.3. The van der Waals surface area contributed by atoms with Crippen LogP contribution in [0, 0.1) is 0 Å². The van der Waals surface area contributed by atoms with E-state index in [0.717, 1.165) is 16.9 Å². The SMILES string of the molecule is COC(=O)c1cc(-c2ccccc2)n(-c2ccccc2)c1-c1ccco1. The number of methoxy groups -OCH3 is 1. The van der Waals surface area contributed by atoms with E-state index in [4.69, 9.17) is 9.15 Å². The molecule has 26 heavy (non-hydrogen) atoms. The predicted molar refractivity (Wildman–Crippen MR) is 100 cm³/mol. The summed E-state index contributed by atoms with van der Waals surface area (Å²) in [6, 6.07) is 25.3. The van der Waals surface area contributed by atoms with Gasteiger partial charge in [-0.3, -0.25) is 0 Å². The summed E-state index contributed by atoms with van der Waals surface area (Å²) in [4.78, 5) is 12.5. The van der Waals surface area contributed by atoms with Crippen molar-refractivity contribution in [3.8, 4) is 28.4 Å². The fourth-order valence-corrected chi connectivity index (χ4v) is 3.10. The van der Waals surface area contributed by atoms with Gasteiger partial charge in [0.05, 0.1) is 24.6 Å². The molecule has 4 nitrogen and oxygen atoms in total. The summed E-state index contributed by atoms with van der Waals surface area (Å²) in [7, 11) is 1.39. The van der Waals surface area contributed by atoms with Gasteiger partial charge in [0.25, 0.3) is 0 Å². The van der Waals surface area contributed by atoms with Crippen LogP contribution < -0.4 is 0 Å². The Hall–Kier alpha value is -3.53. The first-order valence-electron chi connectivity index (χ1n) is 8.28. The highest BCUT2D eigenvalue weighted by Crippen LogP contribution is 2.36. The molecule has 4 rings (SSSR count). The van der Waals surface area contributed by atoms with Crippen molar-refractivity contribution in [2.75, 3.05) is 7.11 Å². The fraction of sp³-hybridized carbons (Fsp3) is 0.0455. The molecule has 0 saturated heterocycles. The van der Waals surface area contributed by atoms with E-state index in [1.165, 1.54) is 7.11 Å². The van der Waals surface area contributed by atoms with E-state index in [-0.39, 0.29) is 0 Å². The number of rotatable bonds is 4. The van der Waals surface area contributed by atoms with Crippen molar-refractivity contribution >= 4 is 5.97 Å². The Kier molecular flexibility index (Phi) is 4.15. The van der Waals surface area contributed by atoms with Gasteiger partial charge in [0.15, 0.2) is 5.76 Å². The monoisotopic (exact) mass is 343 g/mol. The number of carbonyl (C=O) groups excluding carboxylic acids is 1. The molecule has 0 amide bonds. The highest BCUT2D eigenvalue weighted by atomic mass is 16.5. The first-order chi connectivity index (χ1) is 12.8. The van der Waals surface area contributed by atoms with E-state index < -0.39 is 5.97 Å². The van der Waals surface area contributed by atoms with Crippen LogP contribution in [0.3, 0.4) is 0 Å². The Labute approximate surface area is 151 Å². The molecule has 0 aliphatic heterocycles. The molecule has 2 aromatic heterocycles. The minimum absolute atomic E-state index is 0.400. The first kappa shape index (κ1) is 16.0. The van der Waals surface area contributed by atoms with Crippen LogP contribution in [0.15, 0.2) is 89.5 Å².